The van der Waals surface area contributed by atoms with Gasteiger partial charge in [0.1, 0.15) is 0 Å². The molecule has 0 radical (unpaired) electrons. The minimum atomic E-state index is -3.19. The van der Waals surface area contributed by atoms with E-state index in [2.05, 4.69) is 0 Å². The van der Waals surface area contributed by atoms with E-state index in [1.165, 1.54) is 0 Å². The summed E-state index contributed by atoms with van der Waals surface area (Å²) in [4.78, 5) is 0.139. The third kappa shape index (κ3) is 2.99. The van der Waals surface area contributed by atoms with Crippen LogP contribution in [0.3, 0.4) is 0 Å². The van der Waals surface area contributed by atoms with Crippen LogP contribution in [-0.4, -0.2) is 31.0 Å². The van der Waals surface area contributed by atoms with Crippen molar-refractivity contribution in [2.24, 2.45) is 5.73 Å². The molecule has 0 aromatic heterocycles. The fraction of sp³-hybridized carbons (Fsp3) is 1.00. The van der Waals surface area contributed by atoms with Gasteiger partial charge in [0.2, 0.25) is 0 Å². The first-order valence-corrected chi connectivity index (χ1v) is 2.17. The highest BCUT2D eigenvalue weighted by atomic mass is 15.1. The van der Waals surface area contributed by atoms with Gasteiger partial charge in [-0.25, -0.2) is 0 Å². The summed E-state index contributed by atoms with van der Waals surface area (Å²) in [6, 6.07) is 0. The molecule has 0 aliphatic heterocycles. The van der Waals surface area contributed by atoms with Crippen molar-refractivity contribution in [1.82, 2.24) is 4.90 Å². The molecule has 0 spiro atoms. The van der Waals surface area contributed by atoms with Crippen LogP contribution in [0, 0.1) is 0 Å². The summed E-state index contributed by atoms with van der Waals surface area (Å²) in [5, 5.41) is 0. The summed E-state index contributed by atoms with van der Waals surface area (Å²) in [5.74, 6) is 0. The van der Waals surface area contributed by atoms with Crippen LogP contribution in [-0.2, 0) is 0 Å². The third-order valence-electron chi connectivity index (χ3n) is 0.623. The van der Waals surface area contributed by atoms with Gasteiger partial charge in [-0.15, -0.1) is 0 Å². The number of hydrogen-bond acceptors (Lipinski definition) is 2. The van der Waals surface area contributed by atoms with E-state index in [0.29, 0.717) is 0 Å². The van der Waals surface area contributed by atoms with E-state index >= 15 is 0 Å². The lowest BCUT2D eigenvalue weighted by molar-refractivity contribution is 0.312. The van der Waals surface area contributed by atoms with Crippen LogP contribution < -0.4 is 5.73 Å². The molecule has 0 aliphatic carbocycles. The first-order valence-electron chi connectivity index (χ1n) is 7.17. The minimum absolute atomic E-state index is 0.139. The van der Waals surface area contributed by atoms with Crippen LogP contribution >= 0.6 is 0 Å². The van der Waals surface area contributed by atoms with Crippen LogP contribution in [0.15, 0.2) is 0 Å². The molecule has 0 aromatic rings. The highest BCUT2D eigenvalue weighted by molar-refractivity contribution is 4.50. The standard InChI is InChI=1S/C6H16N2/c1-3-8(4-2)6-5-7/h3-7H2,1-2H3/i1D3,2D3,3D2,4D2. The van der Waals surface area contributed by atoms with Crippen molar-refractivity contribution in [2.75, 3.05) is 26.1 Å². The van der Waals surface area contributed by atoms with Crippen molar-refractivity contribution in [3.8, 4) is 0 Å². The molecule has 0 saturated heterocycles. The Balaban J connectivity index is 5.60. The normalized spacial score (nSPS) is 35.8. The predicted octanol–water partition coefficient (Wildman–Crippen LogP) is 0.287. The van der Waals surface area contributed by atoms with Gasteiger partial charge in [0.05, 0.1) is 0 Å². The van der Waals surface area contributed by atoms with E-state index < -0.39 is 33.2 Å². The monoisotopic (exact) mass is 126 g/mol. The van der Waals surface area contributed by atoms with Crippen molar-refractivity contribution in [3.63, 3.8) is 0 Å². The van der Waals surface area contributed by atoms with Gasteiger partial charge in [-0.2, -0.15) is 0 Å². The van der Waals surface area contributed by atoms with Crippen LogP contribution in [0.2, 0.25) is 0 Å². The summed E-state index contributed by atoms with van der Waals surface area (Å²) >= 11 is 0. The van der Waals surface area contributed by atoms with E-state index in [9.17, 15) is 0 Å². The van der Waals surface area contributed by atoms with Crippen LogP contribution in [0.4, 0.5) is 0 Å². The Morgan fingerprint density at radius 1 is 1.62 bits per heavy atom. The lowest BCUT2D eigenvalue weighted by atomic mass is 10.5. The molecule has 0 unspecified atom stereocenters. The molecule has 0 aliphatic rings. The summed E-state index contributed by atoms with van der Waals surface area (Å²) in [7, 11) is 0. The average molecular weight is 126 g/mol. The Morgan fingerprint density at radius 2 is 2.25 bits per heavy atom. The van der Waals surface area contributed by atoms with Crippen LogP contribution in [0.5, 0.6) is 0 Å². The molecular weight excluding hydrogens is 100 g/mol. The number of hydrogen-bond donors (Lipinski definition) is 1. The molecule has 0 saturated carbocycles. The summed E-state index contributed by atoms with van der Waals surface area (Å²) < 4.78 is 72.2. The maximum Gasteiger partial charge on any atom is 0.0428 e. The van der Waals surface area contributed by atoms with Crippen molar-refractivity contribution in [2.45, 2.75) is 13.7 Å². The predicted molar refractivity (Wildman–Crippen MR) is 36.8 cm³/mol. The second kappa shape index (κ2) is 5.06. The fourth-order valence-electron chi connectivity index (χ4n) is 0.269. The van der Waals surface area contributed by atoms with Crippen LogP contribution in [0.25, 0.3) is 0 Å². The van der Waals surface area contributed by atoms with Crippen molar-refractivity contribution in [1.29, 1.82) is 0 Å². The topological polar surface area (TPSA) is 29.3 Å². The molecule has 2 N–H and O–H groups in total. The maximum atomic E-state index is 7.46. The Bertz CT molecular complexity index is 253. The Morgan fingerprint density at radius 3 is 2.62 bits per heavy atom. The van der Waals surface area contributed by atoms with Gasteiger partial charge in [-0.1, -0.05) is 13.7 Å². The average Bonchev–Trinajstić information content (AvgIpc) is 2.09. The van der Waals surface area contributed by atoms with Gasteiger partial charge in [-0.05, 0) is 13.0 Å². The lowest BCUT2D eigenvalue weighted by Gasteiger charge is -2.15. The van der Waals surface area contributed by atoms with E-state index in [0.717, 1.165) is 0 Å². The van der Waals surface area contributed by atoms with Crippen molar-refractivity contribution in [3.05, 3.63) is 0 Å². The zero-order valence-electron chi connectivity index (χ0n) is 14.4. The van der Waals surface area contributed by atoms with Gasteiger partial charge in [0.15, 0.2) is 0 Å². The van der Waals surface area contributed by atoms with Gasteiger partial charge in [0.25, 0.3) is 0 Å². The molecular formula is C6H16N2. The van der Waals surface area contributed by atoms with Crippen molar-refractivity contribution >= 4 is 0 Å². The first-order chi connectivity index (χ1) is 7.69. The molecule has 0 atom stereocenters. The molecule has 0 heterocycles. The Hall–Kier alpha value is -0.0800. The largest absolute Gasteiger partial charge is 0.329 e. The minimum Gasteiger partial charge on any atom is -0.329 e. The second-order valence-corrected chi connectivity index (χ2v) is 1.16. The molecule has 0 aromatic carbocycles. The van der Waals surface area contributed by atoms with E-state index in [4.69, 9.17) is 19.4 Å². The van der Waals surface area contributed by atoms with E-state index in [-0.39, 0.29) is 11.4 Å². The van der Waals surface area contributed by atoms with Gasteiger partial charge < -0.3 is 10.6 Å². The molecule has 0 fully saturated rings. The highest BCUT2D eigenvalue weighted by Crippen LogP contribution is 1.81. The molecule has 2 heteroatoms. The molecule has 8 heavy (non-hydrogen) atoms. The van der Waals surface area contributed by atoms with Crippen molar-refractivity contribution < 1.29 is 13.7 Å². The van der Waals surface area contributed by atoms with Gasteiger partial charge in [0, 0.05) is 26.8 Å². The SMILES string of the molecule is [2H]C([2H])([2H])C([2H])([2H])N(CCN)C([2H])([2H])C([2H])([2H])[2H]. The molecule has 0 bridgehead atoms. The zero-order valence-corrected chi connectivity index (χ0v) is 4.44. The molecule has 0 amide bonds. The Labute approximate surface area is 65.7 Å². The van der Waals surface area contributed by atoms with E-state index in [1.54, 1.807) is 0 Å². The zero-order chi connectivity index (χ0) is 15.0. The maximum absolute atomic E-state index is 7.46. The van der Waals surface area contributed by atoms with Gasteiger partial charge in [-0.3, -0.25) is 0 Å². The van der Waals surface area contributed by atoms with E-state index in [1.807, 2.05) is 0 Å². The third-order valence-corrected chi connectivity index (χ3v) is 0.623. The van der Waals surface area contributed by atoms with Crippen LogP contribution in [0.1, 0.15) is 27.4 Å². The number of nitrogens with two attached hydrogens (primary N) is 1. The summed E-state index contributed by atoms with van der Waals surface area (Å²) in [5.41, 5.74) is 5.17. The molecule has 50 valence electrons. The quantitative estimate of drug-likeness (QED) is 0.586. The number of likely N-dealkylation sites (N-methyl/N-ethyl adjacent to an activating group) is 1. The molecule has 2 nitrogen and oxygen atoms in total. The fourth-order valence-corrected chi connectivity index (χ4v) is 0.269. The number of nitrogens with zero attached hydrogens (tertiary/aromatic N) is 1. The highest BCUT2D eigenvalue weighted by Gasteiger charge is 1.92. The summed E-state index contributed by atoms with van der Waals surface area (Å²) in [6.45, 7) is -13.5. The number of rotatable bonds is 4. The molecule has 0 rings (SSSR count). The summed E-state index contributed by atoms with van der Waals surface area (Å²) in [6.07, 6.45) is 0. The Kier molecular flexibility index (Phi) is 0.839. The second-order valence-electron chi connectivity index (χ2n) is 1.16. The van der Waals surface area contributed by atoms with Gasteiger partial charge >= 0.3 is 0 Å². The first kappa shape index (κ1) is 1.32. The smallest absolute Gasteiger partial charge is 0.0428 e. The lowest BCUT2D eigenvalue weighted by Crippen LogP contribution is -2.28.